The van der Waals surface area contributed by atoms with Crippen LogP contribution >= 0.6 is 15.9 Å². The van der Waals surface area contributed by atoms with Gasteiger partial charge in [-0.15, -0.1) is 0 Å². The van der Waals surface area contributed by atoms with Crippen molar-refractivity contribution in [2.45, 2.75) is 11.5 Å². The number of ether oxygens (including phenoxy) is 1. The number of hydrogen-bond donors (Lipinski definition) is 0. The molecule has 0 aliphatic heterocycles. The van der Waals surface area contributed by atoms with E-state index in [9.17, 15) is 8.42 Å². The molecule has 0 radical (unpaired) electrons. The topological polar surface area (TPSA) is 43.4 Å². The van der Waals surface area contributed by atoms with Crippen LogP contribution in [0.25, 0.3) is 0 Å². The van der Waals surface area contributed by atoms with Crippen molar-refractivity contribution in [2.75, 3.05) is 6.26 Å². The van der Waals surface area contributed by atoms with Crippen molar-refractivity contribution in [3.63, 3.8) is 0 Å². The zero-order chi connectivity index (χ0) is 13.9. The minimum Gasteiger partial charge on any atom is -0.489 e. The Labute approximate surface area is 121 Å². The molecule has 0 aliphatic rings. The molecule has 0 amide bonds. The van der Waals surface area contributed by atoms with E-state index in [0.717, 1.165) is 10.0 Å². The standard InChI is InChI=1S/C14H13BrO3S/c1-19(16,17)14-4-2-3-13(9-14)18-10-11-5-7-12(15)8-6-11/h2-9H,10H2,1H3. The minimum absolute atomic E-state index is 0.265. The first-order valence-corrected chi connectivity index (χ1v) is 8.31. The van der Waals surface area contributed by atoms with Gasteiger partial charge in [0.25, 0.3) is 0 Å². The van der Waals surface area contributed by atoms with Crippen LogP contribution < -0.4 is 4.74 Å². The van der Waals surface area contributed by atoms with E-state index in [1.165, 1.54) is 12.3 Å². The second kappa shape index (κ2) is 5.75. The van der Waals surface area contributed by atoms with E-state index in [0.29, 0.717) is 12.4 Å². The van der Waals surface area contributed by atoms with Crippen LogP contribution in [0.2, 0.25) is 0 Å². The van der Waals surface area contributed by atoms with Crippen LogP contribution in [0.15, 0.2) is 57.9 Å². The lowest BCUT2D eigenvalue weighted by Crippen LogP contribution is -1.99. The van der Waals surface area contributed by atoms with Crippen molar-refractivity contribution >= 4 is 25.8 Å². The number of rotatable bonds is 4. The lowest BCUT2D eigenvalue weighted by atomic mass is 10.2. The van der Waals surface area contributed by atoms with Crippen LogP contribution in [0.4, 0.5) is 0 Å². The first-order valence-electron chi connectivity index (χ1n) is 5.62. The van der Waals surface area contributed by atoms with Crippen molar-refractivity contribution in [1.29, 1.82) is 0 Å². The second-order valence-corrected chi connectivity index (χ2v) is 7.09. The third-order valence-corrected chi connectivity index (χ3v) is 4.19. The molecule has 19 heavy (non-hydrogen) atoms. The van der Waals surface area contributed by atoms with E-state index < -0.39 is 9.84 Å². The molecule has 0 spiro atoms. The summed E-state index contributed by atoms with van der Waals surface area (Å²) in [5, 5.41) is 0. The molecule has 2 aromatic rings. The molecule has 0 heterocycles. The fourth-order valence-corrected chi connectivity index (χ4v) is 2.46. The van der Waals surface area contributed by atoms with Crippen LogP contribution in [-0.2, 0) is 16.4 Å². The van der Waals surface area contributed by atoms with Gasteiger partial charge in [-0.3, -0.25) is 0 Å². The molecular formula is C14H13BrO3S. The van der Waals surface area contributed by atoms with Gasteiger partial charge in [-0.05, 0) is 35.9 Å². The average Bonchev–Trinajstić information content (AvgIpc) is 2.37. The maximum Gasteiger partial charge on any atom is 0.175 e. The summed E-state index contributed by atoms with van der Waals surface area (Å²) in [5.74, 6) is 0.547. The third-order valence-electron chi connectivity index (χ3n) is 2.55. The molecule has 0 aliphatic carbocycles. The first-order chi connectivity index (χ1) is 8.95. The van der Waals surface area contributed by atoms with Gasteiger partial charge in [-0.2, -0.15) is 0 Å². The van der Waals surface area contributed by atoms with E-state index in [4.69, 9.17) is 4.74 Å². The Kier molecular flexibility index (Phi) is 4.27. The number of sulfone groups is 1. The second-order valence-electron chi connectivity index (χ2n) is 4.16. The summed E-state index contributed by atoms with van der Waals surface area (Å²) in [6, 6.07) is 14.3. The molecule has 2 aromatic carbocycles. The molecule has 0 saturated carbocycles. The van der Waals surface area contributed by atoms with E-state index in [2.05, 4.69) is 15.9 Å². The summed E-state index contributed by atoms with van der Waals surface area (Å²) < 4.78 is 29.5. The molecule has 0 saturated heterocycles. The molecule has 0 aromatic heterocycles. The Morgan fingerprint density at radius 3 is 2.42 bits per heavy atom. The number of benzene rings is 2. The summed E-state index contributed by atoms with van der Waals surface area (Å²) in [7, 11) is -3.20. The average molecular weight is 341 g/mol. The molecule has 3 nitrogen and oxygen atoms in total. The van der Waals surface area contributed by atoms with Crippen LogP contribution in [0, 0.1) is 0 Å². The Morgan fingerprint density at radius 1 is 1.11 bits per heavy atom. The normalized spacial score (nSPS) is 11.3. The highest BCUT2D eigenvalue weighted by molar-refractivity contribution is 9.10. The smallest absolute Gasteiger partial charge is 0.175 e. The summed E-state index contributed by atoms with van der Waals surface area (Å²) in [4.78, 5) is 0.265. The maximum atomic E-state index is 11.4. The maximum absolute atomic E-state index is 11.4. The molecule has 100 valence electrons. The number of hydrogen-bond acceptors (Lipinski definition) is 3. The minimum atomic E-state index is -3.20. The van der Waals surface area contributed by atoms with Gasteiger partial charge in [0.15, 0.2) is 9.84 Å². The molecular weight excluding hydrogens is 328 g/mol. The Morgan fingerprint density at radius 2 is 1.79 bits per heavy atom. The van der Waals surface area contributed by atoms with Crippen LogP contribution in [0.1, 0.15) is 5.56 Å². The van der Waals surface area contributed by atoms with E-state index >= 15 is 0 Å². The molecule has 0 atom stereocenters. The van der Waals surface area contributed by atoms with Gasteiger partial charge in [0.2, 0.25) is 0 Å². The molecule has 0 N–H and O–H groups in total. The Hall–Kier alpha value is -1.33. The highest BCUT2D eigenvalue weighted by Crippen LogP contribution is 2.19. The lowest BCUT2D eigenvalue weighted by molar-refractivity contribution is 0.305. The molecule has 0 unspecified atom stereocenters. The van der Waals surface area contributed by atoms with Gasteiger partial charge in [0, 0.05) is 10.7 Å². The lowest BCUT2D eigenvalue weighted by Gasteiger charge is -2.07. The monoisotopic (exact) mass is 340 g/mol. The summed E-state index contributed by atoms with van der Waals surface area (Å²) >= 11 is 3.37. The van der Waals surface area contributed by atoms with Crippen LogP contribution in [-0.4, -0.2) is 14.7 Å². The summed E-state index contributed by atoms with van der Waals surface area (Å²) in [6.45, 7) is 0.403. The zero-order valence-electron chi connectivity index (χ0n) is 10.3. The molecule has 2 rings (SSSR count). The fourth-order valence-electron chi connectivity index (χ4n) is 1.54. The van der Waals surface area contributed by atoms with Crippen LogP contribution in [0.3, 0.4) is 0 Å². The van der Waals surface area contributed by atoms with Crippen molar-refractivity contribution in [3.05, 3.63) is 58.6 Å². The SMILES string of the molecule is CS(=O)(=O)c1cccc(OCc2ccc(Br)cc2)c1. The highest BCUT2D eigenvalue weighted by Gasteiger charge is 2.07. The summed E-state index contributed by atoms with van der Waals surface area (Å²) in [6.07, 6.45) is 1.18. The van der Waals surface area contributed by atoms with E-state index in [1.54, 1.807) is 18.2 Å². The summed E-state index contributed by atoms with van der Waals surface area (Å²) in [5.41, 5.74) is 1.02. The number of halogens is 1. The van der Waals surface area contributed by atoms with Gasteiger partial charge in [-0.25, -0.2) is 8.42 Å². The van der Waals surface area contributed by atoms with Gasteiger partial charge in [0.1, 0.15) is 12.4 Å². The fraction of sp³-hybridized carbons (Fsp3) is 0.143. The first kappa shape index (κ1) is 14.1. The Bertz CT molecular complexity index is 663. The van der Waals surface area contributed by atoms with Gasteiger partial charge < -0.3 is 4.74 Å². The molecule has 0 bridgehead atoms. The Balaban J connectivity index is 2.10. The largest absolute Gasteiger partial charge is 0.489 e. The van der Waals surface area contributed by atoms with E-state index in [1.807, 2.05) is 24.3 Å². The van der Waals surface area contributed by atoms with E-state index in [-0.39, 0.29) is 4.90 Å². The van der Waals surface area contributed by atoms with Crippen molar-refractivity contribution in [3.8, 4) is 5.75 Å². The van der Waals surface area contributed by atoms with Crippen LogP contribution in [0.5, 0.6) is 5.75 Å². The van der Waals surface area contributed by atoms with Gasteiger partial charge in [-0.1, -0.05) is 34.1 Å². The van der Waals surface area contributed by atoms with Gasteiger partial charge in [0.05, 0.1) is 4.90 Å². The third kappa shape index (κ3) is 4.08. The van der Waals surface area contributed by atoms with Crippen molar-refractivity contribution in [2.24, 2.45) is 0 Å². The predicted molar refractivity (Wildman–Crippen MR) is 78.0 cm³/mol. The quantitative estimate of drug-likeness (QED) is 0.856. The molecule has 5 heteroatoms. The zero-order valence-corrected chi connectivity index (χ0v) is 12.7. The predicted octanol–water partition coefficient (Wildman–Crippen LogP) is 3.43. The highest BCUT2D eigenvalue weighted by atomic mass is 79.9. The molecule has 0 fully saturated rings. The van der Waals surface area contributed by atoms with Crippen molar-refractivity contribution < 1.29 is 13.2 Å². The van der Waals surface area contributed by atoms with Gasteiger partial charge >= 0.3 is 0 Å². The van der Waals surface area contributed by atoms with Crippen molar-refractivity contribution in [1.82, 2.24) is 0 Å².